The summed E-state index contributed by atoms with van der Waals surface area (Å²) in [4.78, 5) is 6.83. The Hall–Kier alpha value is -1.23. The molecular formula is C13H23N5. The van der Waals surface area contributed by atoms with Gasteiger partial charge < -0.3 is 10.2 Å². The average Bonchev–Trinajstić information content (AvgIpc) is 2.46. The van der Waals surface area contributed by atoms with Gasteiger partial charge in [0.2, 0.25) is 5.95 Å². The van der Waals surface area contributed by atoms with Crippen LogP contribution >= 0.6 is 0 Å². The molecule has 1 fully saturated rings. The normalized spacial score (nSPS) is 19.8. The first-order valence-electron chi connectivity index (χ1n) is 6.92. The summed E-state index contributed by atoms with van der Waals surface area (Å²) in [5, 5.41) is 12.0. The molecule has 1 saturated heterocycles. The van der Waals surface area contributed by atoms with E-state index in [0.29, 0.717) is 6.04 Å². The molecule has 0 aliphatic carbocycles. The molecule has 100 valence electrons. The van der Waals surface area contributed by atoms with Crippen molar-refractivity contribution in [1.82, 2.24) is 20.5 Å². The fourth-order valence-corrected chi connectivity index (χ4v) is 2.40. The second-order valence-electron chi connectivity index (χ2n) is 4.82. The van der Waals surface area contributed by atoms with Gasteiger partial charge in [-0.2, -0.15) is 5.10 Å². The van der Waals surface area contributed by atoms with E-state index in [1.807, 2.05) is 0 Å². The molecule has 1 unspecified atom stereocenters. The van der Waals surface area contributed by atoms with Crippen LogP contribution in [0.1, 0.15) is 38.1 Å². The molecule has 0 radical (unpaired) electrons. The number of likely N-dealkylation sites (N-methyl/N-ethyl adjacent to an activating group) is 1. The zero-order chi connectivity index (χ0) is 13.0. The monoisotopic (exact) mass is 249 g/mol. The van der Waals surface area contributed by atoms with Crippen LogP contribution in [0.2, 0.25) is 0 Å². The maximum atomic E-state index is 4.66. The van der Waals surface area contributed by atoms with E-state index in [0.717, 1.165) is 43.3 Å². The number of hydrogen-bond acceptors (Lipinski definition) is 5. The third-order valence-electron chi connectivity index (χ3n) is 3.63. The first-order valence-corrected chi connectivity index (χ1v) is 6.92. The highest BCUT2D eigenvalue weighted by molar-refractivity contribution is 5.31. The first-order chi connectivity index (χ1) is 8.76. The number of aryl methyl sites for hydroxylation is 2. The summed E-state index contributed by atoms with van der Waals surface area (Å²) >= 11 is 0. The van der Waals surface area contributed by atoms with Crippen molar-refractivity contribution >= 4 is 5.95 Å². The zero-order valence-corrected chi connectivity index (χ0v) is 11.6. The molecule has 0 amide bonds. The quantitative estimate of drug-likeness (QED) is 0.868. The highest BCUT2D eigenvalue weighted by Crippen LogP contribution is 2.15. The summed E-state index contributed by atoms with van der Waals surface area (Å²) < 4.78 is 0. The minimum atomic E-state index is 0.484. The molecule has 18 heavy (non-hydrogen) atoms. The van der Waals surface area contributed by atoms with E-state index in [2.05, 4.69) is 46.3 Å². The minimum Gasteiger partial charge on any atom is -0.338 e. The van der Waals surface area contributed by atoms with Crippen molar-refractivity contribution in [3.63, 3.8) is 0 Å². The molecule has 5 heteroatoms. The summed E-state index contributed by atoms with van der Waals surface area (Å²) in [6, 6.07) is 0.484. The molecule has 1 aromatic rings. The predicted octanol–water partition coefficient (Wildman–Crippen LogP) is 1.18. The smallest absolute Gasteiger partial charge is 0.245 e. The number of aromatic nitrogens is 3. The summed E-state index contributed by atoms with van der Waals surface area (Å²) in [5.74, 6) is 0.762. The highest BCUT2D eigenvalue weighted by Gasteiger charge is 2.20. The maximum absolute atomic E-state index is 4.66. The van der Waals surface area contributed by atoms with E-state index in [4.69, 9.17) is 0 Å². The average molecular weight is 249 g/mol. The molecule has 2 rings (SSSR count). The molecule has 5 nitrogen and oxygen atoms in total. The van der Waals surface area contributed by atoms with Gasteiger partial charge in [-0.15, -0.1) is 5.10 Å². The van der Waals surface area contributed by atoms with Crippen molar-refractivity contribution in [1.29, 1.82) is 0 Å². The molecule has 0 aromatic carbocycles. The van der Waals surface area contributed by atoms with Crippen molar-refractivity contribution in [2.75, 3.05) is 25.0 Å². The molecular weight excluding hydrogens is 226 g/mol. The molecule has 1 aromatic heterocycles. The molecule has 0 saturated carbocycles. The summed E-state index contributed by atoms with van der Waals surface area (Å²) in [6.07, 6.45) is 4.24. The van der Waals surface area contributed by atoms with Gasteiger partial charge in [0.05, 0.1) is 11.4 Å². The lowest BCUT2D eigenvalue weighted by atomic mass is 10.1. The van der Waals surface area contributed by atoms with Crippen LogP contribution in [0.15, 0.2) is 0 Å². The fraction of sp³-hybridized carbons (Fsp3) is 0.769. The Morgan fingerprint density at radius 1 is 1.22 bits per heavy atom. The van der Waals surface area contributed by atoms with Gasteiger partial charge in [-0.05, 0) is 32.2 Å². The van der Waals surface area contributed by atoms with Crippen molar-refractivity contribution in [2.24, 2.45) is 0 Å². The number of nitrogens with zero attached hydrogens (tertiary/aromatic N) is 4. The van der Waals surface area contributed by atoms with Gasteiger partial charge in [0, 0.05) is 19.6 Å². The maximum Gasteiger partial charge on any atom is 0.245 e. The largest absolute Gasteiger partial charge is 0.338 e. The standard InChI is InChI=1S/C13H23N5/c1-4-11-12(5-2)16-17-13(15-11)18(3)10-7-6-8-14-9-10/h10,14H,4-9H2,1-3H3. The Labute approximate surface area is 109 Å². The van der Waals surface area contributed by atoms with Crippen LogP contribution in [0, 0.1) is 0 Å². The Balaban J connectivity index is 2.16. The van der Waals surface area contributed by atoms with Crippen LogP contribution in [0.4, 0.5) is 5.95 Å². The van der Waals surface area contributed by atoms with Crippen LogP contribution < -0.4 is 10.2 Å². The third kappa shape index (κ3) is 2.77. The third-order valence-corrected chi connectivity index (χ3v) is 3.63. The Morgan fingerprint density at radius 2 is 2.00 bits per heavy atom. The molecule has 0 spiro atoms. The highest BCUT2D eigenvalue weighted by atomic mass is 15.3. The number of hydrogen-bond donors (Lipinski definition) is 1. The lowest BCUT2D eigenvalue weighted by Gasteiger charge is -2.31. The lowest BCUT2D eigenvalue weighted by Crippen LogP contribution is -2.45. The van der Waals surface area contributed by atoms with Crippen LogP contribution in [0.5, 0.6) is 0 Å². The number of anilines is 1. The second-order valence-corrected chi connectivity index (χ2v) is 4.82. The van der Waals surface area contributed by atoms with Crippen LogP contribution in [-0.2, 0) is 12.8 Å². The van der Waals surface area contributed by atoms with E-state index in [-0.39, 0.29) is 0 Å². The Kier molecular flexibility index (Phi) is 4.47. The van der Waals surface area contributed by atoms with Gasteiger partial charge in [-0.25, -0.2) is 4.98 Å². The van der Waals surface area contributed by atoms with Gasteiger partial charge in [0.15, 0.2) is 0 Å². The molecule has 1 aliphatic rings. The van der Waals surface area contributed by atoms with E-state index >= 15 is 0 Å². The van der Waals surface area contributed by atoms with Gasteiger partial charge >= 0.3 is 0 Å². The number of nitrogens with one attached hydrogen (secondary N) is 1. The molecule has 2 heterocycles. The number of rotatable bonds is 4. The van der Waals surface area contributed by atoms with Gasteiger partial charge in [0.1, 0.15) is 0 Å². The minimum absolute atomic E-state index is 0.484. The van der Waals surface area contributed by atoms with Crippen molar-refractivity contribution in [2.45, 2.75) is 45.6 Å². The van der Waals surface area contributed by atoms with Crippen LogP contribution in [-0.4, -0.2) is 41.4 Å². The van der Waals surface area contributed by atoms with Gasteiger partial charge in [-0.3, -0.25) is 0 Å². The van der Waals surface area contributed by atoms with Crippen molar-refractivity contribution in [3.8, 4) is 0 Å². The second kappa shape index (κ2) is 6.09. The fourth-order valence-electron chi connectivity index (χ4n) is 2.40. The van der Waals surface area contributed by atoms with Crippen molar-refractivity contribution in [3.05, 3.63) is 11.4 Å². The summed E-state index contributed by atoms with van der Waals surface area (Å²) in [6.45, 7) is 6.35. The number of piperidine rings is 1. The van der Waals surface area contributed by atoms with Gasteiger partial charge in [-0.1, -0.05) is 13.8 Å². The van der Waals surface area contributed by atoms with E-state index < -0.39 is 0 Å². The molecule has 1 aliphatic heterocycles. The van der Waals surface area contributed by atoms with Gasteiger partial charge in [0.25, 0.3) is 0 Å². The Bertz CT molecular complexity index is 387. The topological polar surface area (TPSA) is 53.9 Å². The molecule has 1 atom stereocenters. The first kappa shape index (κ1) is 13.2. The van der Waals surface area contributed by atoms with E-state index in [9.17, 15) is 0 Å². The summed E-state index contributed by atoms with van der Waals surface area (Å²) in [5.41, 5.74) is 2.11. The summed E-state index contributed by atoms with van der Waals surface area (Å²) in [7, 11) is 2.07. The van der Waals surface area contributed by atoms with E-state index in [1.54, 1.807) is 0 Å². The predicted molar refractivity (Wildman–Crippen MR) is 72.9 cm³/mol. The van der Waals surface area contributed by atoms with E-state index in [1.165, 1.54) is 12.8 Å². The SMILES string of the molecule is CCc1nnc(N(C)C2CCCNC2)nc1CC. The van der Waals surface area contributed by atoms with Crippen LogP contribution in [0.3, 0.4) is 0 Å². The van der Waals surface area contributed by atoms with Crippen LogP contribution in [0.25, 0.3) is 0 Å². The lowest BCUT2D eigenvalue weighted by molar-refractivity contribution is 0.440. The zero-order valence-electron chi connectivity index (χ0n) is 11.6. The molecule has 0 bridgehead atoms. The molecule has 1 N–H and O–H groups in total. The van der Waals surface area contributed by atoms with Crippen molar-refractivity contribution < 1.29 is 0 Å². The Morgan fingerprint density at radius 3 is 2.61 bits per heavy atom.